The van der Waals surface area contributed by atoms with Crippen LogP contribution in [0.5, 0.6) is 5.75 Å². The lowest BCUT2D eigenvalue weighted by atomic mass is 9.94. The zero-order valence-corrected chi connectivity index (χ0v) is 13.4. The number of fused-ring (bicyclic) bond motifs is 2. The molecule has 1 aliphatic heterocycles. The molecule has 3 aromatic rings. The van der Waals surface area contributed by atoms with Gasteiger partial charge in [0.2, 0.25) is 0 Å². The van der Waals surface area contributed by atoms with E-state index in [-0.39, 0.29) is 0 Å². The summed E-state index contributed by atoms with van der Waals surface area (Å²) in [6.07, 6.45) is 0.999. The maximum absolute atomic E-state index is 9.65. The molecule has 2 nitrogen and oxygen atoms in total. The Kier molecular flexibility index (Phi) is 3.55. The van der Waals surface area contributed by atoms with Gasteiger partial charge in [-0.25, -0.2) is 0 Å². The molecule has 0 spiro atoms. The Morgan fingerprint density at radius 1 is 0.957 bits per heavy atom. The second kappa shape index (κ2) is 5.71. The van der Waals surface area contributed by atoms with Gasteiger partial charge >= 0.3 is 0 Å². The molecule has 23 heavy (non-hydrogen) atoms. The molecule has 0 bridgehead atoms. The quantitative estimate of drug-likeness (QED) is 0.744. The smallest absolute Gasteiger partial charge is 0.115 e. The van der Waals surface area contributed by atoms with Crippen LogP contribution >= 0.6 is 0 Å². The van der Waals surface area contributed by atoms with Gasteiger partial charge in [0.1, 0.15) is 5.75 Å². The van der Waals surface area contributed by atoms with Gasteiger partial charge in [-0.15, -0.1) is 0 Å². The molecule has 4 rings (SSSR count). The van der Waals surface area contributed by atoms with Crippen molar-refractivity contribution in [2.45, 2.75) is 25.9 Å². The van der Waals surface area contributed by atoms with Gasteiger partial charge in [-0.05, 0) is 52.9 Å². The van der Waals surface area contributed by atoms with E-state index in [1.807, 2.05) is 6.07 Å². The van der Waals surface area contributed by atoms with Crippen molar-refractivity contribution in [1.82, 2.24) is 4.90 Å². The largest absolute Gasteiger partial charge is 0.508 e. The van der Waals surface area contributed by atoms with Crippen LogP contribution in [0.15, 0.2) is 60.7 Å². The Balaban J connectivity index is 1.67. The average molecular weight is 303 g/mol. The molecule has 2 heteroatoms. The summed E-state index contributed by atoms with van der Waals surface area (Å²) >= 11 is 0. The third-order valence-electron chi connectivity index (χ3n) is 5.05. The maximum atomic E-state index is 9.65. The van der Waals surface area contributed by atoms with Crippen molar-refractivity contribution in [3.8, 4) is 5.75 Å². The maximum Gasteiger partial charge on any atom is 0.115 e. The average Bonchev–Trinajstić information content (AvgIpc) is 2.60. The molecule has 0 aromatic heterocycles. The summed E-state index contributed by atoms with van der Waals surface area (Å²) < 4.78 is 0. The van der Waals surface area contributed by atoms with Crippen LogP contribution in [0.4, 0.5) is 0 Å². The zero-order chi connectivity index (χ0) is 15.8. The summed E-state index contributed by atoms with van der Waals surface area (Å²) in [4.78, 5) is 2.53. The molecule has 0 aliphatic carbocycles. The van der Waals surface area contributed by atoms with E-state index in [2.05, 4.69) is 60.4 Å². The van der Waals surface area contributed by atoms with Crippen LogP contribution in [0.2, 0.25) is 0 Å². The SMILES string of the molecule is CC(c1cccc2ccccc12)N1CCc2cc(O)ccc2C1. The van der Waals surface area contributed by atoms with Crippen LogP contribution in [0.3, 0.4) is 0 Å². The topological polar surface area (TPSA) is 23.5 Å². The fraction of sp³-hybridized carbons (Fsp3) is 0.238. The van der Waals surface area contributed by atoms with E-state index in [4.69, 9.17) is 0 Å². The van der Waals surface area contributed by atoms with Gasteiger partial charge in [0, 0.05) is 19.1 Å². The third kappa shape index (κ3) is 2.60. The molecule has 1 unspecified atom stereocenters. The van der Waals surface area contributed by atoms with Gasteiger partial charge in [0.15, 0.2) is 0 Å². The molecule has 0 amide bonds. The summed E-state index contributed by atoms with van der Waals surface area (Å²) in [5.74, 6) is 0.374. The summed E-state index contributed by atoms with van der Waals surface area (Å²) in [7, 11) is 0. The van der Waals surface area contributed by atoms with Gasteiger partial charge in [-0.3, -0.25) is 4.90 Å². The van der Waals surface area contributed by atoms with E-state index in [9.17, 15) is 5.11 Å². The first kappa shape index (κ1) is 14.3. The highest BCUT2D eigenvalue weighted by Gasteiger charge is 2.22. The minimum absolute atomic E-state index is 0.374. The van der Waals surface area contributed by atoms with Crippen molar-refractivity contribution in [3.05, 3.63) is 77.4 Å². The van der Waals surface area contributed by atoms with E-state index in [1.165, 1.54) is 27.5 Å². The van der Waals surface area contributed by atoms with Gasteiger partial charge in [-0.2, -0.15) is 0 Å². The number of hydrogen-bond acceptors (Lipinski definition) is 2. The van der Waals surface area contributed by atoms with E-state index in [0.717, 1.165) is 19.5 Å². The van der Waals surface area contributed by atoms with E-state index < -0.39 is 0 Å². The first-order valence-corrected chi connectivity index (χ1v) is 8.25. The predicted molar refractivity (Wildman–Crippen MR) is 94.6 cm³/mol. The van der Waals surface area contributed by atoms with Crippen molar-refractivity contribution in [3.63, 3.8) is 0 Å². The number of nitrogens with zero attached hydrogens (tertiary/aromatic N) is 1. The fourth-order valence-corrected chi connectivity index (χ4v) is 3.70. The van der Waals surface area contributed by atoms with Crippen molar-refractivity contribution >= 4 is 10.8 Å². The Labute approximate surface area is 137 Å². The minimum Gasteiger partial charge on any atom is -0.508 e. The molecule has 1 atom stereocenters. The summed E-state index contributed by atoms with van der Waals surface area (Å²) in [6.45, 7) is 4.27. The van der Waals surface area contributed by atoms with Crippen molar-refractivity contribution in [1.29, 1.82) is 0 Å². The normalized spacial score (nSPS) is 16.2. The van der Waals surface area contributed by atoms with Gasteiger partial charge < -0.3 is 5.11 Å². The standard InChI is InChI=1S/C21H21NO/c1-15(20-8-4-6-16-5-2-3-7-21(16)20)22-12-11-17-13-19(23)10-9-18(17)14-22/h2-10,13,15,23H,11-12,14H2,1H3. The van der Waals surface area contributed by atoms with Crippen LogP contribution < -0.4 is 0 Å². The fourth-order valence-electron chi connectivity index (χ4n) is 3.70. The van der Waals surface area contributed by atoms with Gasteiger partial charge in [0.05, 0.1) is 0 Å². The van der Waals surface area contributed by atoms with E-state index >= 15 is 0 Å². The van der Waals surface area contributed by atoms with Crippen LogP contribution in [-0.2, 0) is 13.0 Å². The highest BCUT2D eigenvalue weighted by molar-refractivity contribution is 5.86. The van der Waals surface area contributed by atoms with Crippen LogP contribution in [0.1, 0.15) is 29.7 Å². The molecule has 0 saturated heterocycles. The van der Waals surface area contributed by atoms with Gasteiger partial charge in [-0.1, -0.05) is 48.5 Å². The highest BCUT2D eigenvalue weighted by atomic mass is 16.3. The van der Waals surface area contributed by atoms with Crippen LogP contribution in [0, 0.1) is 0 Å². The van der Waals surface area contributed by atoms with Crippen molar-refractivity contribution < 1.29 is 5.11 Å². The van der Waals surface area contributed by atoms with Gasteiger partial charge in [0.25, 0.3) is 0 Å². The number of hydrogen-bond donors (Lipinski definition) is 1. The summed E-state index contributed by atoms with van der Waals surface area (Å²) in [5.41, 5.74) is 4.01. The van der Waals surface area contributed by atoms with Crippen molar-refractivity contribution in [2.24, 2.45) is 0 Å². The number of rotatable bonds is 2. The first-order valence-electron chi connectivity index (χ1n) is 8.25. The number of benzene rings is 3. The lowest BCUT2D eigenvalue weighted by molar-refractivity contribution is 0.193. The predicted octanol–water partition coefficient (Wildman–Crippen LogP) is 4.66. The van der Waals surface area contributed by atoms with E-state index in [0.29, 0.717) is 11.8 Å². The second-order valence-electron chi connectivity index (χ2n) is 6.42. The Morgan fingerprint density at radius 3 is 2.70 bits per heavy atom. The molecule has 1 heterocycles. The molecule has 3 aromatic carbocycles. The number of phenols is 1. The van der Waals surface area contributed by atoms with Crippen LogP contribution in [-0.4, -0.2) is 16.6 Å². The second-order valence-corrected chi connectivity index (χ2v) is 6.42. The molecule has 116 valence electrons. The molecular weight excluding hydrogens is 282 g/mol. The van der Waals surface area contributed by atoms with E-state index in [1.54, 1.807) is 6.07 Å². The Bertz CT molecular complexity index is 850. The first-order chi connectivity index (χ1) is 11.2. The monoisotopic (exact) mass is 303 g/mol. The lowest BCUT2D eigenvalue weighted by Gasteiger charge is -2.34. The third-order valence-corrected chi connectivity index (χ3v) is 5.05. The number of phenolic OH excluding ortho intramolecular Hbond substituents is 1. The van der Waals surface area contributed by atoms with Crippen molar-refractivity contribution in [2.75, 3.05) is 6.54 Å². The Hall–Kier alpha value is -2.32. The zero-order valence-electron chi connectivity index (χ0n) is 13.4. The summed E-state index contributed by atoms with van der Waals surface area (Å²) in [6, 6.07) is 21.4. The minimum atomic E-state index is 0.374. The molecular formula is C21H21NO. The molecule has 1 N–H and O–H groups in total. The molecule has 0 saturated carbocycles. The Morgan fingerprint density at radius 2 is 1.78 bits per heavy atom. The molecule has 1 aliphatic rings. The van der Waals surface area contributed by atoms with Crippen LogP contribution in [0.25, 0.3) is 10.8 Å². The number of aromatic hydroxyl groups is 1. The molecule has 0 radical (unpaired) electrons. The lowest BCUT2D eigenvalue weighted by Crippen LogP contribution is -2.32. The highest BCUT2D eigenvalue weighted by Crippen LogP contribution is 2.32. The molecule has 0 fully saturated rings. The summed E-state index contributed by atoms with van der Waals surface area (Å²) in [5, 5.41) is 12.3.